The Balaban J connectivity index is 1.78. The van der Waals surface area contributed by atoms with Crippen molar-refractivity contribution in [3.63, 3.8) is 0 Å². The van der Waals surface area contributed by atoms with Crippen LogP contribution in [0.1, 0.15) is 21.7 Å². The molecule has 0 radical (unpaired) electrons. The van der Waals surface area contributed by atoms with Crippen molar-refractivity contribution in [1.82, 2.24) is 10.1 Å². The molecule has 3 aromatic rings. The van der Waals surface area contributed by atoms with E-state index in [4.69, 9.17) is 16.1 Å². The molecule has 0 bridgehead atoms. The normalized spacial score (nSPS) is 10.5. The number of nitrogens with one attached hydrogen (secondary N) is 2. The van der Waals surface area contributed by atoms with Crippen molar-refractivity contribution in [2.75, 3.05) is 10.6 Å². The third-order valence-corrected chi connectivity index (χ3v) is 3.58. The highest BCUT2D eigenvalue weighted by atomic mass is 35.5. The molecule has 2 aromatic heterocycles. The molecule has 2 heterocycles. The van der Waals surface area contributed by atoms with Crippen molar-refractivity contribution in [2.24, 2.45) is 0 Å². The summed E-state index contributed by atoms with van der Waals surface area (Å²) in [7, 11) is 0. The molecule has 0 fully saturated rings. The molecule has 7 heteroatoms. The first-order chi connectivity index (χ1) is 11.5. The van der Waals surface area contributed by atoms with Crippen LogP contribution in [-0.4, -0.2) is 16.0 Å². The van der Waals surface area contributed by atoms with Gasteiger partial charge in [-0.2, -0.15) is 0 Å². The molecular formula is C17H15ClN4O2. The summed E-state index contributed by atoms with van der Waals surface area (Å²) in [6.45, 7) is 3.72. The second-order valence-corrected chi connectivity index (χ2v) is 5.76. The highest BCUT2D eigenvalue weighted by Crippen LogP contribution is 2.24. The van der Waals surface area contributed by atoms with Crippen LogP contribution in [-0.2, 0) is 0 Å². The maximum Gasteiger partial charge on any atom is 0.258 e. The standard InChI is InChI=1S/C17H15ClN4O2/c1-10-3-4-13(18)7-15(10)20-14-6-12(8-19-9-14)17(23)21-16-5-11(2)24-22-16/h3-9,20H,1-2H3,(H,21,22,23). The maximum atomic E-state index is 12.3. The fourth-order valence-corrected chi connectivity index (χ4v) is 2.30. The van der Waals surface area contributed by atoms with E-state index >= 15 is 0 Å². The van der Waals surface area contributed by atoms with E-state index in [9.17, 15) is 4.79 Å². The Morgan fingerprint density at radius 3 is 2.75 bits per heavy atom. The van der Waals surface area contributed by atoms with Gasteiger partial charge >= 0.3 is 0 Å². The van der Waals surface area contributed by atoms with Crippen LogP contribution in [0.15, 0.2) is 47.2 Å². The van der Waals surface area contributed by atoms with Crippen molar-refractivity contribution in [1.29, 1.82) is 0 Å². The number of amides is 1. The first-order valence-electron chi connectivity index (χ1n) is 7.24. The first kappa shape index (κ1) is 16.0. The summed E-state index contributed by atoms with van der Waals surface area (Å²) in [6.07, 6.45) is 3.12. The smallest absolute Gasteiger partial charge is 0.258 e. The van der Waals surface area contributed by atoms with Gasteiger partial charge in [0.25, 0.3) is 5.91 Å². The van der Waals surface area contributed by atoms with E-state index < -0.39 is 0 Å². The predicted molar refractivity (Wildman–Crippen MR) is 92.9 cm³/mol. The number of hydrogen-bond donors (Lipinski definition) is 2. The topological polar surface area (TPSA) is 80.0 Å². The largest absolute Gasteiger partial charge is 0.360 e. The van der Waals surface area contributed by atoms with E-state index in [0.29, 0.717) is 27.9 Å². The third kappa shape index (κ3) is 3.72. The number of carbonyl (C=O) groups excluding carboxylic acids is 1. The molecule has 6 nitrogen and oxygen atoms in total. The van der Waals surface area contributed by atoms with Crippen molar-refractivity contribution in [3.8, 4) is 0 Å². The fraction of sp³-hybridized carbons (Fsp3) is 0.118. The monoisotopic (exact) mass is 342 g/mol. The lowest BCUT2D eigenvalue weighted by atomic mass is 10.2. The number of nitrogens with zero attached hydrogens (tertiary/aromatic N) is 2. The lowest BCUT2D eigenvalue weighted by molar-refractivity contribution is 0.102. The molecule has 0 aliphatic rings. The molecule has 2 N–H and O–H groups in total. The molecule has 3 rings (SSSR count). The van der Waals surface area contributed by atoms with Crippen molar-refractivity contribution >= 4 is 34.7 Å². The average molecular weight is 343 g/mol. The summed E-state index contributed by atoms with van der Waals surface area (Å²) in [5.41, 5.74) is 2.98. The lowest BCUT2D eigenvalue weighted by Gasteiger charge is -2.10. The van der Waals surface area contributed by atoms with Gasteiger partial charge in [-0.1, -0.05) is 22.8 Å². The molecule has 0 unspecified atom stereocenters. The van der Waals surface area contributed by atoms with E-state index in [1.807, 2.05) is 25.1 Å². The molecule has 1 amide bonds. The molecule has 0 aliphatic carbocycles. The summed E-state index contributed by atoms with van der Waals surface area (Å²) in [5.74, 6) is 0.666. The average Bonchev–Trinajstić information content (AvgIpc) is 2.96. The Labute approximate surface area is 143 Å². The van der Waals surface area contributed by atoms with Gasteiger partial charge in [0.05, 0.1) is 17.4 Å². The Morgan fingerprint density at radius 2 is 2.00 bits per heavy atom. The van der Waals surface area contributed by atoms with Gasteiger partial charge in [-0.3, -0.25) is 9.78 Å². The van der Waals surface area contributed by atoms with Gasteiger partial charge in [0.2, 0.25) is 0 Å². The Morgan fingerprint density at radius 1 is 1.17 bits per heavy atom. The van der Waals surface area contributed by atoms with Gasteiger partial charge in [0.1, 0.15) is 5.76 Å². The summed E-state index contributed by atoms with van der Waals surface area (Å²) in [5, 5.41) is 10.2. The minimum absolute atomic E-state index is 0.317. The van der Waals surface area contributed by atoms with Gasteiger partial charge in [0.15, 0.2) is 5.82 Å². The van der Waals surface area contributed by atoms with Crippen LogP contribution < -0.4 is 10.6 Å². The molecule has 24 heavy (non-hydrogen) atoms. The number of halogens is 1. The zero-order valence-corrected chi connectivity index (χ0v) is 13.9. The number of aromatic nitrogens is 2. The molecule has 0 atom stereocenters. The van der Waals surface area contributed by atoms with Crippen molar-refractivity contribution in [2.45, 2.75) is 13.8 Å². The van der Waals surface area contributed by atoms with Gasteiger partial charge in [0, 0.05) is 23.0 Å². The number of benzene rings is 1. The van der Waals surface area contributed by atoms with Crippen LogP contribution in [0.25, 0.3) is 0 Å². The summed E-state index contributed by atoms with van der Waals surface area (Å²) >= 11 is 6.02. The van der Waals surface area contributed by atoms with Crippen LogP contribution >= 0.6 is 11.6 Å². The second kappa shape index (κ2) is 6.72. The zero-order valence-electron chi connectivity index (χ0n) is 13.1. The third-order valence-electron chi connectivity index (χ3n) is 3.35. The predicted octanol–water partition coefficient (Wildman–Crippen LogP) is 4.34. The SMILES string of the molecule is Cc1cc(NC(=O)c2cncc(Nc3cc(Cl)ccc3C)c2)no1. The summed E-state index contributed by atoms with van der Waals surface area (Å²) in [6, 6.07) is 8.91. The van der Waals surface area contributed by atoms with Crippen molar-refractivity contribution < 1.29 is 9.32 Å². The fourth-order valence-electron chi connectivity index (χ4n) is 2.13. The van der Waals surface area contributed by atoms with E-state index in [2.05, 4.69) is 20.8 Å². The minimum atomic E-state index is -0.317. The Hall–Kier alpha value is -2.86. The minimum Gasteiger partial charge on any atom is -0.360 e. The van der Waals surface area contributed by atoms with Crippen LogP contribution in [0.4, 0.5) is 17.2 Å². The van der Waals surface area contributed by atoms with Gasteiger partial charge in [-0.25, -0.2) is 0 Å². The van der Waals surface area contributed by atoms with Crippen LogP contribution in [0.5, 0.6) is 0 Å². The summed E-state index contributed by atoms with van der Waals surface area (Å²) in [4.78, 5) is 16.4. The second-order valence-electron chi connectivity index (χ2n) is 5.32. The molecule has 1 aromatic carbocycles. The number of anilines is 3. The van der Waals surface area contributed by atoms with Gasteiger partial charge in [-0.15, -0.1) is 0 Å². The highest BCUT2D eigenvalue weighted by molar-refractivity contribution is 6.30. The van der Waals surface area contributed by atoms with E-state index in [-0.39, 0.29) is 5.91 Å². The molecular weight excluding hydrogens is 328 g/mol. The Kier molecular flexibility index (Phi) is 4.48. The van der Waals surface area contributed by atoms with Crippen LogP contribution in [0.2, 0.25) is 5.02 Å². The maximum absolute atomic E-state index is 12.3. The van der Waals surface area contributed by atoms with Crippen molar-refractivity contribution in [3.05, 3.63) is 64.6 Å². The zero-order chi connectivity index (χ0) is 17.1. The molecule has 0 saturated heterocycles. The molecule has 0 aliphatic heterocycles. The van der Waals surface area contributed by atoms with E-state index in [0.717, 1.165) is 11.3 Å². The van der Waals surface area contributed by atoms with E-state index in [1.54, 1.807) is 25.3 Å². The molecule has 0 spiro atoms. The van der Waals surface area contributed by atoms with Gasteiger partial charge < -0.3 is 15.2 Å². The highest BCUT2D eigenvalue weighted by Gasteiger charge is 2.10. The number of aryl methyl sites for hydroxylation is 2. The number of hydrogen-bond acceptors (Lipinski definition) is 5. The van der Waals surface area contributed by atoms with Crippen LogP contribution in [0, 0.1) is 13.8 Å². The first-order valence-corrected chi connectivity index (χ1v) is 7.62. The Bertz CT molecular complexity index is 892. The number of rotatable bonds is 4. The van der Waals surface area contributed by atoms with Crippen LogP contribution in [0.3, 0.4) is 0 Å². The molecule has 122 valence electrons. The van der Waals surface area contributed by atoms with Gasteiger partial charge in [-0.05, 0) is 37.6 Å². The summed E-state index contributed by atoms with van der Waals surface area (Å²) < 4.78 is 4.92. The quantitative estimate of drug-likeness (QED) is 0.737. The number of pyridine rings is 1. The molecule has 0 saturated carbocycles. The van der Waals surface area contributed by atoms with E-state index in [1.165, 1.54) is 6.20 Å². The number of carbonyl (C=O) groups is 1. The lowest BCUT2D eigenvalue weighted by Crippen LogP contribution is -2.12.